The monoisotopic (exact) mass is 399 g/mol. The minimum Gasteiger partial charge on any atom is -0.459 e. The molecule has 3 rings (SSSR count). The van der Waals surface area contributed by atoms with Crippen LogP contribution in [0, 0.1) is 18.7 Å². The van der Waals surface area contributed by atoms with E-state index >= 15 is 0 Å². The van der Waals surface area contributed by atoms with Crippen LogP contribution in [0.25, 0.3) is 11.0 Å². The maximum atomic E-state index is 13.6. The summed E-state index contributed by atoms with van der Waals surface area (Å²) in [6, 6.07) is 3.41. The second kappa shape index (κ2) is 8.26. The van der Waals surface area contributed by atoms with Gasteiger partial charge in [-0.2, -0.15) is 0 Å². The molecule has 1 unspecified atom stereocenters. The summed E-state index contributed by atoms with van der Waals surface area (Å²) >= 11 is 0. The topological polar surface area (TPSA) is 109 Å². The number of anilines is 1. The number of aryl methyl sites for hydroxylation is 1. The number of carbonyl (C=O) groups excluding carboxylic acids is 2. The van der Waals surface area contributed by atoms with Gasteiger partial charge in [0.1, 0.15) is 17.2 Å². The van der Waals surface area contributed by atoms with Gasteiger partial charge in [0.15, 0.2) is 0 Å². The Hall–Kier alpha value is -3.49. The average molecular weight is 399 g/mol. The van der Waals surface area contributed by atoms with E-state index in [9.17, 15) is 14.0 Å². The molecule has 1 atom stereocenters. The zero-order valence-corrected chi connectivity index (χ0v) is 16.5. The van der Waals surface area contributed by atoms with Gasteiger partial charge in [0.25, 0.3) is 5.91 Å². The van der Waals surface area contributed by atoms with Crippen LogP contribution in [-0.4, -0.2) is 29.0 Å². The van der Waals surface area contributed by atoms with E-state index in [0.717, 1.165) is 5.56 Å². The number of amides is 3. The average Bonchev–Trinajstić information content (AvgIpc) is 3.01. The van der Waals surface area contributed by atoms with E-state index in [1.165, 1.54) is 31.6 Å². The maximum Gasteiger partial charge on any atom is 0.319 e. The van der Waals surface area contributed by atoms with E-state index in [2.05, 4.69) is 25.9 Å². The Bertz CT molecular complexity index is 1050. The van der Waals surface area contributed by atoms with Gasteiger partial charge < -0.3 is 20.4 Å². The predicted molar refractivity (Wildman–Crippen MR) is 106 cm³/mol. The minimum atomic E-state index is -0.481. The van der Waals surface area contributed by atoms with Crippen LogP contribution in [0.5, 0.6) is 0 Å². The molecule has 3 aromatic rings. The van der Waals surface area contributed by atoms with E-state index in [-0.39, 0.29) is 17.6 Å². The molecule has 1 aromatic carbocycles. The molecule has 0 bridgehead atoms. The Morgan fingerprint density at radius 2 is 1.86 bits per heavy atom. The van der Waals surface area contributed by atoms with Gasteiger partial charge in [-0.3, -0.25) is 4.79 Å². The molecule has 0 fully saturated rings. The van der Waals surface area contributed by atoms with Crippen molar-refractivity contribution in [1.29, 1.82) is 0 Å². The van der Waals surface area contributed by atoms with Gasteiger partial charge in [-0.25, -0.2) is 19.2 Å². The first kappa shape index (κ1) is 20.2. The molecule has 0 aliphatic rings. The van der Waals surface area contributed by atoms with E-state index in [4.69, 9.17) is 4.42 Å². The molecule has 29 heavy (non-hydrogen) atoms. The number of furan rings is 1. The highest BCUT2D eigenvalue weighted by molar-refractivity contribution is 5.91. The molecular formula is C20H22FN5O3. The van der Waals surface area contributed by atoms with Crippen LogP contribution in [0.15, 0.2) is 35.0 Å². The summed E-state index contributed by atoms with van der Waals surface area (Å²) in [6.45, 7) is 5.72. The smallest absolute Gasteiger partial charge is 0.319 e. The Kier molecular flexibility index (Phi) is 5.76. The molecular weight excluding hydrogens is 377 g/mol. The Morgan fingerprint density at radius 3 is 2.48 bits per heavy atom. The third-order valence-corrected chi connectivity index (χ3v) is 4.51. The number of urea groups is 1. The third-order valence-electron chi connectivity index (χ3n) is 4.51. The van der Waals surface area contributed by atoms with Crippen molar-refractivity contribution in [1.82, 2.24) is 20.6 Å². The number of fused-ring (bicyclic) bond motifs is 1. The minimum absolute atomic E-state index is 0.00338. The third kappa shape index (κ3) is 4.34. The van der Waals surface area contributed by atoms with Gasteiger partial charge in [0.05, 0.1) is 24.1 Å². The largest absolute Gasteiger partial charge is 0.459 e. The molecule has 0 saturated heterocycles. The number of rotatable bonds is 5. The van der Waals surface area contributed by atoms with Crippen molar-refractivity contribution in [2.24, 2.45) is 5.92 Å². The molecule has 0 saturated carbocycles. The second-order valence-corrected chi connectivity index (χ2v) is 6.93. The summed E-state index contributed by atoms with van der Waals surface area (Å²) in [5, 5.41) is 8.60. The van der Waals surface area contributed by atoms with E-state index in [0.29, 0.717) is 22.4 Å². The SMILES string of the molecule is CNC(=O)c1ncc(NC(=O)NC(c2oc3ccc(F)cc3c2C)C(C)C)cn1. The van der Waals surface area contributed by atoms with Crippen molar-refractivity contribution in [2.45, 2.75) is 26.8 Å². The summed E-state index contributed by atoms with van der Waals surface area (Å²) in [5.41, 5.74) is 1.67. The number of aromatic nitrogens is 2. The van der Waals surface area contributed by atoms with E-state index in [1.54, 1.807) is 6.07 Å². The lowest BCUT2D eigenvalue weighted by Crippen LogP contribution is -2.35. The first-order chi connectivity index (χ1) is 13.8. The molecule has 152 valence electrons. The van der Waals surface area contributed by atoms with Crippen molar-refractivity contribution in [2.75, 3.05) is 12.4 Å². The first-order valence-electron chi connectivity index (χ1n) is 9.10. The number of nitrogens with zero attached hydrogens (tertiary/aromatic N) is 2. The Balaban J connectivity index is 1.78. The highest BCUT2D eigenvalue weighted by atomic mass is 19.1. The number of hydrogen-bond acceptors (Lipinski definition) is 5. The van der Waals surface area contributed by atoms with Crippen LogP contribution in [-0.2, 0) is 0 Å². The van der Waals surface area contributed by atoms with Crippen molar-refractivity contribution < 1.29 is 18.4 Å². The molecule has 8 nitrogen and oxygen atoms in total. The number of carbonyl (C=O) groups is 2. The van der Waals surface area contributed by atoms with Gasteiger partial charge in [-0.05, 0) is 31.0 Å². The molecule has 2 aromatic heterocycles. The van der Waals surface area contributed by atoms with E-state index < -0.39 is 18.0 Å². The van der Waals surface area contributed by atoms with Crippen LogP contribution in [0.1, 0.15) is 41.8 Å². The zero-order valence-electron chi connectivity index (χ0n) is 16.5. The highest BCUT2D eigenvalue weighted by Crippen LogP contribution is 2.33. The van der Waals surface area contributed by atoms with Crippen molar-refractivity contribution in [3.05, 3.63) is 53.6 Å². The maximum absolute atomic E-state index is 13.6. The van der Waals surface area contributed by atoms with Gasteiger partial charge in [-0.15, -0.1) is 0 Å². The van der Waals surface area contributed by atoms with Gasteiger partial charge in [-0.1, -0.05) is 13.8 Å². The fourth-order valence-corrected chi connectivity index (χ4v) is 2.97. The lowest BCUT2D eigenvalue weighted by atomic mass is 9.98. The fourth-order valence-electron chi connectivity index (χ4n) is 2.97. The van der Waals surface area contributed by atoms with Crippen LogP contribution in [0.4, 0.5) is 14.9 Å². The van der Waals surface area contributed by atoms with Gasteiger partial charge in [0.2, 0.25) is 5.82 Å². The standard InChI is InChI=1S/C20H22FN5O3/c1-10(2)16(17-11(3)14-7-12(21)5-6-15(14)29-17)26-20(28)25-13-8-23-18(24-9-13)19(27)22-4/h5-10,16H,1-4H3,(H,22,27)(H2,25,26,28). The quantitative estimate of drug-likeness (QED) is 0.608. The molecule has 9 heteroatoms. The first-order valence-corrected chi connectivity index (χ1v) is 9.10. The molecule has 3 amide bonds. The van der Waals surface area contributed by atoms with Crippen LogP contribution in [0.3, 0.4) is 0 Å². The van der Waals surface area contributed by atoms with Crippen LogP contribution in [0.2, 0.25) is 0 Å². The number of hydrogen-bond donors (Lipinski definition) is 3. The van der Waals surface area contributed by atoms with Crippen molar-refractivity contribution >= 4 is 28.6 Å². The summed E-state index contributed by atoms with van der Waals surface area (Å²) in [5.74, 6) is -0.181. The number of nitrogens with one attached hydrogen (secondary N) is 3. The Labute approximate surface area is 166 Å². The van der Waals surface area contributed by atoms with Crippen molar-refractivity contribution in [3.63, 3.8) is 0 Å². The Morgan fingerprint density at radius 1 is 1.17 bits per heavy atom. The van der Waals surface area contributed by atoms with Crippen molar-refractivity contribution in [3.8, 4) is 0 Å². The molecule has 3 N–H and O–H groups in total. The van der Waals surface area contributed by atoms with Gasteiger partial charge in [0, 0.05) is 18.0 Å². The number of benzene rings is 1. The highest BCUT2D eigenvalue weighted by Gasteiger charge is 2.25. The van der Waals surface area contributed by atoms with Gasteiger partial charge >= 0.3 is 6.03 Å². The zero-order chi connectivity index (χ0) is 21.1. The summed E-state index contributed by atoms with van der Waals surface area (Å²) in [6.07, 6.45) is 2.69. The molecule has 0 radical (unpaired) electrons. The molecule has 0 aliphatic carbocycles. The lowest BCUT2D eigenvalue weighted by Gasteiger charge is -2.21. The summed E-state index contributed by atoms with van der Waals surface area (Å²) < 4.78 is 19.5. The second-order valence-electron chi connectivity index (χ2n) is 6.93. The molecule has 0 spiro atoms. The van der Waals surface area contributed by atoms with Crippen LogP contribution >= 0.6 is 0 Å². The summed E-state index contributed by atoms with van der Waals surface area (Å²) in [4.78, 5) is 31.8. The molecule has 2 heterocycles. The normalized spacial score (nSPS) is 12.1. The summed E-state index contributed by atoms with van der Waals surface area (Å²) in [7, 11) is 1.48. The van der Waals surface area contributed by atoms with Crippen LogP contribution < -0.4 is 16.0 Å². The molecule has 0 aliphatic heterocycles. The number of halogens is 1. The lowest BCUT2D eigenvalue weighted by molar-refractivity contribution is 0.0953. The van der Waals surface area contributed by atoms with E-state index in [1.807, 2.05) is 20.8 Å². The predicted octanol–water partition coefficient (Wildman–Crippen LogP) is 3.55. The fraction of sp³-hybridized carbons (Fsp3) is 0.300.